The minimum atomic E-state index is 0.296. The molecule has 0 aliphatic rings. The van der Waals surface area contributed by atoms with E-state index in [-0.39, 0.29) is 0 Å². The van der Waals surface area contributed by atoms with Crippen LogP contribution in [0, 0.1) is 11.3 Å². The Morgan fingerprint density at radius 3 is 2.67 bits per heavy atom. The summed E-state index contributed by atoms with van der Waals surface area (Å²) in [5.74, 6) is 1.04. The van der Waals surface area contributed by atoms with Gasteiger partial charge in [0.25, 0.3) is 0 Å². The highest BCUT2D eigenvalue weighted by atomic mass is 35.5. The zero-order valence-electron chi connectivity index (χ0n) is 10.9. The van der Waals surface area contributed by atoms with E-state index < -0.39 is 0 Å². The van der Waals surface area contributed by atoms with E-state index in [1.54, 1.807) is 24.4 Å². The highest BCUT2D eigenvalue weighted by Gasteiger charge is 2.12. The molecule has 0 atom stereocenters. The van der Waals surface area contributed by atoms with E-state index >= 15 is 0 Å². The summed E-state index contributed by atoms with van der Waals surface area (Å²) in [6.07, 6.45) is 1.60. The van der Waals surface area contributed by atoms with Gasteiger partial charge in [0.05, 0.1) is 29.1 Å². The molecule has 3 aromatic rings. The van der Waals surface area contributed by atoms with E-state index in [1.165, 1.54) is 0 Å². The lowest BCUT2D eigenvalue weighted by atomic mass is 10.1. The second-order valence-electron chi connectivity index (χ2n) is 4.55. The number of fused-ring (bicyclic) bond motifs is 1. The van der Waals surface area contributed by atoms with Crippen LogP contribution >= 0.6 is 23.2 Å². The van der Waals surface area contributed by atoms with E-state index in [2.05, 4.69) is 16.0 Å². The lowest BCUT2D eigenvalue weighted by Crippen LogP contribution is -2.04. The van der Waals surface area contributed by atoms with E-state index in [1.807, 2.05) is 16.7 Å². The second-order valence-corrected chi connectivity index (χ2v) is 5.26. The molecule has 0 aliphatic heterocycles. The summed E-state index contributed by atoms with van der Waals surface area (Å²) in [5.41, 5.74) is 3.17. The van der Waals surface area contributed by atoms with Gasteiger partial charge in [-0.25, -0.2) is 9.97 Å². The number of alkyl halides is 1. The second kappa shape index (κ2) is 5.72. The lowest BCUT2D eigenvalue weighted by Gasteiger charge is -2.07. The largest absolute Gasteiger partial charge is 0.307 e. The molecular formula is C15H10Cl2N4. The van der Waals surface area contributed by atoms with Crippen molar-refractivity contribution in [3.63, 3.8) is 0 Å². The quantitative estimate of drug-likeness (QED) is 0.691. The van der Waals surface area contributed by atoms with Crippen molar-refractivity contribution in [2.24, 2.45) is 0 Å². The number of imidazole rings is 1. The third-order valence-corrected chi connectivity index (χ3v) is 3.62. The average Bonchev–Trinajstić information content (AvgIpc) is 2.85. The van der Waals surface area contributed by atoms with Gasteiger partial charge < -0.3 is 4.57 Å². The number of rotatable bonds is 3. The molecule has 0 bridgehead atoms. The molecule has 6 heteroatoms. The first-order chi connectivity index (χ1) is 10.2. The number of benzene rings is 1. The molecule has 0 saturated carbocycles. The van der Waals surface area contributed by atoms with Gasteiger partial charge in [0.1, 0.15) is 11.3 Å². The van der Waals surface area contributed by atoms with Gasteiger partial charge in [-0.1, -0.05) is 23.7 Å². The van der Waals surface area contributed by atoms with Gasteiger partial charge in [0.15, 0.2) is 5.65 Å². The molecule has 21 heavy (non-hydrogen) atoms. The fourth-order valence-electron chi connectivity index (χ4n) is 2.17. The van der Waals surface area contributed by atoms with Gasteiger partial charge in [-0.2, -0.15) is 5.26 Å². The van der Waals surface area contributed by atoms with Crippen molar-refractivity contribution < 1.29 is 0 Å². The van der Waals surface area contributed by atoms with Crippen molar-refractivity contribution in [1.82, 2.24) is 14.5 Å². The van der Waals surface area contributed by atoms with Crippen molar-refractivity contribution in [2.75, 3.05) is 0 Å². The molecule has 3 rings (SSSR count). The van der Waals surface area contributed by atoms with Crippen LogP contribution in [0.5, 0.6) is 0 Å². The van der Waals surface area contributed by atoms with Crippen LogP contribution in [0.15, 0.2) is 36.5 Å². The molecule has 0 aliphatic carbocycles. The van der Waals surface area contributed by atoms with Gasteiger partial charge in [0, 0.05) is 6.20 Å². The van der Waals surface area contributed by atoms with E-state index in [4.69, 9.17) is 28.5 Å². The van der Waals surface area contributed by atoms with Crippen LogP contribution < -0.4 is 0 Å². The number of halogens is 2. The number of aromatic nitrogens is 3. The van der Waals surface area contributed by atoms with E-state index in [9.17, 15) is 0 Å². The first kappa shape index (κ1) is 13.9. The Bertz CT molecular complexity index is 831. The third kappa shape index (κ3) is 2.71. The molecule has 0 N–H and O–H groups in total. The fourth-order valence-corrected chi connectivity index (χ4v) is 2.52. The normalized spacial score (nSPS) is 10.7. The summed E-state index contributed by atoms with van der Waals surface area (Å²) >= 11 is 11.9. The van der Waals surface area contributed by atoms with Crippen LogP contribution in [-0.2, 0) is 12.4 Å². The van der Waals surface area contributed by atoms with Crippen molar-refractivity contribution in [3.05, 3.63) is 58.5 Å². The summed E-state index contributed by atoms with van der Waals surface area (Å²) in [5, 5.41) is 9.38. The Balaban J connectivity index is 2.04. The number of nitrogens with zero attached hydrogens (tertiary/aromatic N) is 4. The van der Waals surface area contributed by atoms with Crippen LogP contribution in [-0.4, -0.2) is 14.5 Å². The van der Waals surface area contributed by atoms with E-state index in [0.717, 1.165) is 22.6 Å². The van der Waals surface area contributed by atoms with Crippen molar-refractivity contribution in [1.29, 1.82) is 5.26 Å². The molecule has 0 fully saturated rings. The van der Waals surface area contributed by atoms with Crippen molar-refractivity contribution in [2.45, 2.75) is 12.4 Å². The smallest absolute Gasteiger partial charge is 0.160 e. The first-order valence-electron chi connectivity index (χ1n) is 6.27. The SMILES string of the molecule is N#Cc1ccc(Cn2c(CCl)nc3cc(Cl)cnc32)cc1. The molecule has 0 saturated heterocycles. The number of hydrogen-bond donors (Lipinski definition) is 0. The summed E-state index contributed by atoms with van der Waals surface area (Å²) in [6, 6.07) is 11.3. The molecule has 0 radical (unpaired) electrons. The zero-order chi connectivity index (χ0) is 14.8. The summed E-state index contributed by atoms with van der Waals surface area (Å²) in [7, 11) is 0. The van der Waals surface area contributed by atoms with Crippen molar-refractivity contribution in [3.8, 4) is 6.07 Å². The average molecular weight is 317 g/mol. The molecule has 2 aromatic heterocycles. The maximum atomic E-state index is 8.83. The summed E-state index contributed by atoms with van der Waals surface area (Å²) in [6.45, 7) is 0.596. The molecule has 0 unspecified atom stereocenters. The van der Waals surface area contributed by atoms with E-state index in [0.29, 0.717) is 23.0 Å². The molecule has 1 aromatic carbocycles. The van der Waals surface area contributed by atoms with Gasteiger partial charge in [-0.05, 0) is 23.8 Å². The van der Waals surface area contributed by atoms with Crippen LogP contribution in [0.2, 0.25) is 5.02 Å². The molecule has 2 heterocycles. The fraction of sp³-hybridized carbons (Fsp3) is 0.133. The number of hydrogen-bond acceptors (Lipinski definition) is 3. The van der Waals surface area contributed by atoms with Gasteiger partial charge in [0.2, 0.25) is 0 Å². The molecule has 0 spiro atoms. The highest BCUT2D eigenvalue weighted by molar-refractivity contribution is 6.31. The Morgan fingerprint density at radius 2 is 2.00 bits per heavy atom. The van der Waals surface area contributed by atoms with Gasteiger partial charge in [-0.3, -0.25) is 0 Å². The lowest BCUT2D eigenvalue weighted by molar-refractivity contribution is 0.770. The van der Waals surface area contributed by atoms with Crippen LogP contribution in [0.25, 0.3) is 11.2 Å². The maximum absolute atomic E-state index is 8.83. The Kier molecular flexibility index (Phi) is 3.78. The summed E-state index contributed by atoms with van der Waals surface area (Å²) in [4.78, 5) is 8.79. The minimum Gasteiger partial charge on any atom is -0.307 e. The van der Waals surface area contributed by atoms with Crippen LogP contribution in [0.4, 0.5) is 0 Å². The minimum absolute atomic E-state index is 0.296. The van der Waals surface area contributed by atoms with Crippen molar-refractivity contribution >= 4 is 34.4 Å². The van der Waals surface area contributed by atoms with Gasteiger partial charge >= 0.3 is 0 Å². The predicted molar refractivity (Wildman–Crippen MR) is 82.4 cm³/mol. The molecule has 0 amide bonds. The Labute approximate surface area is 131 Å². The zero-order valence-corrected chi connectivity index (χ0v) is 12.4. The highest BCUT2D eigenvalue weighted by Crippen LogP contribution is 2.20. The Hall–Kier alpha value is -2.09. The van der Waals surface area contributed by atoms with Crippen LogP contribution in [0.3, 0.4) is 0 Å². The van der Waals surface area contributed by atoms with Crippen LogP contribution in [0.1, 0.15) is 17.0 Å². The number of pyridine rings is 1. The summed E-state index contributed by atoms with van der Waals surface area (Å²) < 4.78 is 1.96. The monoisotopic (exact) mass is 316 g/mol. The third-order valence-electron chi connectivity index (χ3n) is 3.17. The van der Waals surface area contributed by atoms with Gasteiger partial charge in [-0.15, -0.1) is 11.6 Å². The topological polar surface area (TPSA) is 54.5 Å². The maximum Gasteiger partial charge on any atom is 0.160 e. The molecule has 4 nitrogen and oxygen atoms in total. The Morgan fingerprint density at radius 1 is 1.24 bits per heavy atom. The molecule has 104 valence electrons. The standard InChI is InChI=1S/C15H10Cl2N4/c16-6-14-20-13-5-12(17)8-19-15(13)21(14)9-11-3-1-10(7-18)2-4-11/h1-5,8H,6,9H2. The first-order valence-corrected chi connectivity index (χ1v) is 7.18. The predicted octanol–water partition coefficient (Wildman–Crippen LogP) is 3.74. The molecular weight excluding hydrogens is 307 g/mol. The number of nitriles is 1.